The molecule has 1 aromatic rings. The molecule has 0 aliphatic heterocycles. The van der Waals surface area contributed by atoms with Crippen molar-refractivity contribution in [2.24, 2.45) is 21.7 Å². The zero-order chi connectivity index (χ0) is 10.6. The summed E-state index contributed by atoms with van der Waals surface area (Å²) in [7, 11) is 0. The number of hydrogen-bond donors (Lipinski definition) is 2. The highest BCUT2D eigenvalue weighted by molar-refractivity contribution is 5.81. The van der Waals surface area contributed by atoms with Gasteiger partial charge < -0.3 is 11.5 Å². The Kier molecular flexibility index (Phi) is 3.11. The van der Waals surface area contributed by atoms with E-state index in [1.807, 2.05) is 0 Å². The molecule has 0 radical (unpaired) electrons. The van der Waals surface area contributed by atoms with Crippen LogP contribution in [-0.4, -0.2) is 12.2 Å². The van der Waals surface area contributed by atoms with Crippen molar-refractivity contribution in [3.8, 4) is 0 Å². The molecule has 0 unspecified atom stereocenters. The number of benzene rings is 1. The van der Waals surface area contributed by atoms with Gasteiger partial charge in [0.05, 0.1) is 6.21 Å². The van der Waals surface area contributed by atoms with Gasteiger partial charge in [0.2, 0.25) is 5.96 Å². The van der Waals surface area contributed by atoms with Gasteiger partial charge in [-0.05, 0) is 6.07 Å². The van der Waals surface area contributed by atoms with E-state index in [1.54, 1.807) is 0 Å². The maximum absolute atomic E-state index is 12.9. The normalized spacial score (nSPS) is 10.4. The van der Waals surface area contributed by atoms with E-state index in [2.05, 4.69) is 10.2 Å². The third kappa shape index (κ3) is 2.51. The molecule has 0 saturated carbocycles. The number of nitrogens with two attached hydrogens (primary N) is 2. The fourth-order valence-electron chi connectivity index (χ4n) is 0.778. The number of halogens is 2. The molecule has 0 spiro atoms. The van der Waals surface area contributed by atoms with E-state index in [-0.39, 0.29) is 11.5 Å². The predicted molar refractivity (Wildman–Crippen MR) is 49.8 cm³/mol. The van der Waals surface area contributed by atoms with Gasteiger partial charge in [-0.2, -0.15) is 5.10 Å². The van der Waals surface area contributed by atoms with Gasteiger partial charge in [0.1, 0.15) is 0 Å². The van der Waals surface area contributed by atoms with Crippen molar-refractivity contribution in [3.63, 3.8) is 0 Å². The summed E-state index contributed by atoms with van der Waals surface area (Å²) in [4.78, 5) is 0. The van der Waals surface area contributed by atoms with Crippen molar-refractivity contribution < 1.29 is 8.78 Å². The first-order valence-corrected chi connectivity index (χ1v) is 3.67. The van der Waals surface area contributed by atoms with Crippen molar-refractivity contribution in [3.05, 3.63) is 35.4 Å². The summed E-state index contributed by atoms with van der Waals surface area (Å²) in [5, 5.41) is 6.59. The zero-order valence-electron chi connectivity index (χ0n) is 7.11. The minimum absolute atomic E-state index is 0.0185. The molecule has 1 rings (SSSR count). The lowest BCUT2D eigenvalue weighted by Crippen LogP contribution is -2.21. The molecule has 4 N–H and O–H groups in total. The molecule has 1 aromatic carbocycles. The monoisotopic (exact) mass is 198 g/mol. The van der Waals surface area contributed by atoms with Crippen LogP contribution in [0.3, 0.4) is 0 Å². The van der Waals surface area contributed by atoms with Crippen LogP contribution in [-0.2, 0) is 0 Å². The molecular weight excluding hydrogens is 190 g/mol. The SMILES string of the molecule is NC(N)=N/N=C/c1cccc(F)c1F. The van der Waals surface area contributed by atoms with Gasteiger partial charge in [0, 0.05) is 5.56 Å². The van der Waals surface area contributed by atoms with E-state index in [4.69, 9.17) is 11.5 Å². The van der Waals surface area contributed by atoms with Gasteiger partial charge in [-0.1, -0.05) is 12.1 Å². The van der Waals surface area contributed by atoms with Crippen molar-refractivity contribution >= 4 is 12.2 Å². The summed E-state index contributed by atoms with van der Waals surface area (Å²) in [5.74, 6) is -2.18. The van der Waals surface area contributed by atoms with Crippen molar-refractivity contribution in [1.29, 1.82) is 0 Å². The van der Waals surface area contributed by atoms with Crippen LogP contribution < -0.4 is 11.5 Å². The Labute approximate surface area is 78.9 Å². The first kappa shape index (κ1) is 10.1. The fourth-order valence-corrected chi connectivity index (χ4v) is 0.778. The van der Waals surface area contributed by atoms with Crippen LogP contribution in [0.4, 0.5) is 8.78 Å². The molecule has 74 valence electrons. The van der Waals surface area contributed by atoms with Gasteiger partial charge in [-0.3, -0.25) is 0 Å². The molecule has 0 heterocycles. The van der Waals surface area contributed by atoms with Crippen LogP contribution in [0.25, 0.3) is 0 Å². The highest BCUT2D eigenvalue weighted by Gasteiger charge is 2.04. The molecule has 14 heavy (non-hydrogen) atoms. The quantitative estimate of drug-likeness (QED) is 0.414. The first-order chi connectivity index (χ1) is 6.61. The smallest absolute Gasteiger partial charge is 0.211 e. The third-order valence-corrected chi connectivity index (χ3v) is 1.35. The summed E-state index contributed by atoms with van der Waals surface area (Å²) >= 11 is 0. The second kappa shape index (κ2) is 4.31. The van der Waals surface area contributed by atoms with Gasteiger partial charge >= 0.3 is 0 Å². The maximum atomic E-state index is 12.9. The van der Waals surface area contributed by atoms with Crippen LogP contribution in [0.2, 0.25) is 0 Å². The molecule has 0 bridgehead atoms. The van der Waals surface area contributed by atoms with Crippen molar-refractivity contribution in [2.45, 2.75) is 0 Å². The van der Waals surface area contributed by atoms with Crippen LogP contribution in [0.5, 0.6) is 0 Å². The number of guanidine groups is 1. The second-order valence-electron chi connectivity index (χ2n) is 2.41. The summed E-state index contributed by atoms with van der Waals surface area (Å²) in [6.07, 6.45) is 1.03. The highest BCUT2D eigenvalue weighted by atomic mass is 19.2. The Morgan fingerprint density at radius 2 is 2.00 bits per heavy atom. The summed E-state index contributed by atoms with van der Waals surface area (Å²) in [5.41, 5.74) is 9.92. The Balaban J connectivity index is 2.92. The predicted octanol–water partition coefficient (Wildman–Crippen LogP) is 0.572. The Morgan fingerprint density at radius 3 is 2.64 bits per heavy atom. The average Bonchev–Trinajstić information content (AvgIpc) is 2.12. The Bertz CT molecular complexity index is 383. The van der Waals surface area contributed by atoms with Gasteiger partial charge in [0.15, 0.2) is 11.6 Å². The summed E-state index contributed by atoms with van der Waals surface area (Å²) in [6.45, 7) is 0. The van der Waals surface area contributed by atoms with Crippen LogP contribution in [0.1, 0.15) is 5.56 Å². The molecule has 0 aliphatic carbocycles. The minimum atomic E-state index is -0.984. The number of hydrogen-bond acceptors (Lipinski definition) is 2. The molecule has 0 amide bonds. The molecule has 0 saturated heterocycles. The van der Waals surface area contributed by atoms with Crippen LogP contribution >= 0.6 is 0 Å². The molecule has 0 fully saturated rings. The largest absolute Gasteiger partial charge is 0.369 e. The second-order valence-corrected chi connectivity index (χ2v) is 2.41. The fraction of sp³-hybridized carbons (Fsp3) is 0. The van der Waals surface area contributed by atoms with Gasteiger partial charge in [0.25, 0.3) is 0 Å². The zero-order valence-corrected chi connectivity index (χ0v) is 7.11. The first-order valence-electron chi connectivity index (χ1n) is 3.67. The van der Waals surface area contributed by atoms with E-state index in [0.717, 1.165) is 12.3 Å². The molecule has 6 heteroatoms. The van der Waals surface area contributed by atoms with Gasteiger partial charge in [-0.15, -0.1) is 5.10 Å². The van der Waals surface area contributed by atoms with E-state index in [9.17, 15) is 8.78 Å². The van der Waals surface area contributed by atoms with Crippen molar-refractivity contribution in [1.82, 2.24) is 0 Å². The topological polar surface area (TPSA) is 76.8 Å². The third-order valence-electron chi connectivity index (χ3n) is 1.35. The van der Waals surface area contributed by atoms with E-state index >= 15 is 0 Å². The lowest BCUT2D eigenvalue weighted by Gasteiger charge is -1.95. The Morgan fingerprint density at radius 1 is 1.29 bits per heavy atom. The van der Waals surface area contributed by atoms with Crippen molar-refractivity contribution in [2.75, 3.05) is 0 Å². The van der Waals surface area contributed by atoms with E-state index < -0.39 is 11.6 Å². The molecule has 4 nitrogen and oxygen atoms in total. The Hall–Kier alpha value is -1.98. The molecule has 0 aliphatic rings. The lowest BCUT2D eigenvalue weighted by atomic mass is 10.2. The molecule has 0 atom stereocenters. The summed E-state index contributed by atoms with van der Waals surface area (Å²) in [6, 6.07) is 3.71. The molecule has 0 aromatic heterocycles. The number of rotatable bonds is 2. The number of nitrogens with zero attached hydrogens (tertiary/aromatic N) is 2. The van der Waals surface area contributed by atoms with Gasteiger partial charge in [-0.25, -0.2) is 8.78 Å². The van der Waals surface area contributed by atoms with E-state index in [0.29, 0.717) is 0 Å². The van der Waals surface area contributed by atoms with Crippen LogP contribution in [0, 0.1) is 11.6 Å². The summed E-state index contributed by atoms with van der Waals surface area (Å²) < 4.78 is 25.6. The lowest BCUT2D eigenvalue weighted by molar-refractivity contribution is 0.507. The standard InChI is InChI=1S/C8H8F2N4/c9-6-3-1-2-5(7(6)10)4-13-14-8(11)12/h1-4H,(H4,11,12,14)/b13-4+. The minimum Gasteiger partial charge on any atom is -0.369 e. The van der Waals surface area contributed by atoms with Crippen LogP contribution in [0.15, 0.2) is 28.4 Å². The average molecular weight is 198 g/mol. The molecular formula is C8H8F2N4. The highest BCUT2D eigenvalue weighted by Crippen LogP contribution is 2.08. The van der Waals surface area contributed by atoms with E-state index in [1.165, 1.54) is 12.1 Å². The maximum Gasteiger partial charge on any atom is 0.211 e.